The van der Waals surface area contributed by atoms with Gasteiger partial charge in [0.15, 0.2) is 0 Å². The van der Waals surface area contributed by atoms with Crippen molar-refractivity contribution in [2.45, 2.75) is 57.3 Å². The number of aliphatic hydroxyl groups is 1. The van der Waals surface area contributed by atoms with E-state index in [0.717, 1.165) is 0 Å². The van der Waals surface area contributed by atoms with Crippen LogP contribution < -0.4 is 10.6 Å². The summed E-state index contributed by atoms with van der Waals surface area (Å²) in [7, 11) is 0. The first-order valence-electron chi connectivity index (χ1n) is 7.98. The molecule has 0 saturated heterocycles. The zero-order chi connectivity index (χ0) is 18.0. The molecule has 1 aliphatic carbocycles. The highest BCUT2D eigenvalue weighted by molar-refractivity contribution is 5.74. The third kappa shape index (κ3) is 4.90. The van der Waals surface area contributed by atoms with Gasteiger partial charge in [-0.1, -0.05) is 6.42 Å². The summed E-state index contributed by atoms with van der Waals surface area (Å²) in [5, 5.41) is 15.4. The lowest BCUT2D eigenvalue weighted by Gasteiger charge is -2.31. The van der Waals surface area contributed by atoms with Crippen LogP contribution >= 0.6 is 0 Å². The number of carbonyl (C=O) groups is 1. The molecule has 0 aromatic carbocycles. The molecule has 1 saturated carbocycles. The highest BCUT2D eigenvalue weighted by Gasteiger charge is 2.42. The van der Waals surface area contributed by atoms with E-state index < -0.39 is 29.8 Å². The highest BCUT2D eigenvalue weighted by atomic mass is 19.4. The summed E-state index contributed by atoms with van der Waals surface area (Å²) < 4.78 is 43.7. The van der Waals surface area contributed by atoms with E-state index in [1.165, 1.54) is 6.92 Å². The number of alkyl halides is 3. The molecule has 136 valence electrons. The molecule has 0 radical (unpaired) electrons. The molecule has 5 nitrogen and oxygen atoms in total. The number of furan rings is 1. The number of urea groups is 1. The lowest BCUT2D eigenvalue weighted by Crippen LogP contribution is -2.48. The molecule has 0 spiro atoms. The third-order valence-corrected chi connectivity index (χ3v) is 4.34. The molecule has 1 aliphatic rings. The molecule has 0 unspecified atom stereocenters. The van der Waals surface area contributed by atoms with E-state index in [4.69, 9.17) is 4.42 Å². The fourth-order valence-corrected chi connectivity index (χ4v) is 2.92. The molecule has 24 heavy (non-hydrogen) atoms. The van der Waals surface area contributed by atoms with Gasteiger partial charge in [0.2, 0.25) is 0 Å². The van der Waals surface area contributed by atoms with Crippen LogP contribution in [0.15, 0.2) is 16.5 Å². The number of amides is 2. The van der Waals surface area contributed by atoms with Gasteiger partial charge in [-0.2, -0.15) is 13.2 Å². The number of hydrogen-bond acceptors (Lipinski definition) is 3. The van der Waals surface area contributed by atoms with Crippen LogP contribution in [-0.2, 0) is 5.60 Å². The molecule has 1 heterocycles. The predicted molar refractivity (Wildman–Crippen MR) is 81.4 cm³/mol. The Kier molecular flexibility index (Phi) is 5.47. The van der Waals surface area contributed by atoms with Crippen LogP contribution in [0.5, 0.6) is 0 Å². The number of nitrogens with one attached hydrogen (secondary N) is 2. The van der Waals surface area contributed by atoms with Crippen molar-refractivity contribution < 1.29 is 27.5 Å². The first-order valence-corrected chi connectivity index (χ1v) is 7.98. The number of carbonyl (C=O) groups excluding carboxylic acids is 1. The van der Waals surface area contributed by atoms with Gasteiger partial charge in [-0.25, -0.2) is 4.79 Å². The highest BCUT2D eigenvalue weighted by Crippen LogP contribution is 2.37. The van der Waals surface area contributed by atoms with Gasteiger partial charge >= 0.3 is 12.2 Å². The molecular weight excluding hydrogens is 325 g/mol. The van der Waals surface area contributed by atoms with Gasteiger partial charge in [0.05, 0.1) is 12.5 Å². The Balaban J connectivity index is 1.83. The standard InChI is InChI=1S/C16H23F3N2O3/c1-10-6-7-13(24-10)15(2,23)9-20-14(22)21-12-5-3-4-11(8-12)16(17,18)19/h6-7,11-12,23H,3-5,8-9H2,1-2H3,(H2,20,21,22)/t11-,12+,15+/m0/s1. The van der Waals surface area contributed by atoms with Crippen molar-refractivity contribution in [3.05, 3.63) is 23.7 Å². The predicted octanol–water partition coefficient (Wildman–Crippen LogP) is 3.22. The quantitative estimate of drug-likeness (QED) is 0.782. The summed E-state index contributed by atoms with van der Waals surface area (Å²) in [4.78, 5) is 11.9. The van der Waals surface area contributed by atoms with Crippen molar-refractivity contribution >= 4 is 6.03 Å². The molecule has 8 heteroatoms. The molecule has 1 fully saturated rings. The minimum atomic E-state index is -4.22. The fourth-order valence-electron chi connectivity index (χ4n) is 2.92. The number of aryl methyl sites for hydroxylation is 1. The number of hydrogen-bond donors (Lipinski definition) is 3. The Morgan fingerprint density at radius 3 is 2.67 bits per heavy atom. The summed E-state index contributed by atoms with van der Waals surface area (Å²) >= 11 is 0. The van der Waals surface area contributed by atoms with Crippen LogP contribution in [0.1, 0.15) is 44.1 Å². The van der Waals surface area contributed by atoms with E-state index >= 15 is 0 Å². The van der Waals surface area contributed by atoms with Gasteiger partial charge in [0, 0.05) is 6.04 Å². The maximum Gasteiger partial charge on any atom is 0.391 e. The van der Waals surface area contributed by atoms with Gasteiger partial charge in [0.25, 0.3) is 0 Å². The lowest BCUT2D eigenvalue weighted by molar-refractivity contribution is -0.183. The van der Waals surface area contributed by atoms with Crippen molar-refractivity contribution in [3.8, 4) is 0 Å². The molecule has 0 aliphatic heterocycles. The van der Waals surface area contributed by atoms with Gasteiger partial charge < -0.3 is 20.2 Å². The first-order chi connectivity index (χ1) is 11.1. The molecular formula is C16H23F3N2O3. The average molecular weight is 348 g/mol. The second-order valence-corrected chi connectivity index (χ2v) is 6.61. The van der Waals surface area contributed by atoms with E-state index in [9.17, 15) is 23.1 Å². The molecule has 2 amide bonds. The van der Waals surface area contributed by atoms with Crippen molar-refractivity contribution in [1.29, 1.82) is 0 Å². The molecule has 1 aromatic rings. The Labute approximate surface area is 138 Å². The smallest absolute Gasteiger partial charge is 0.391 e. The maximum absolute atomic E-state index is 12.8. The zero-order valence-corrected chi connectivity index (χ0v) is 13.7. The van der Waals surface area contributed by atoms with Crippen molar-refractivity contribution in [2.24, 2.45) is 5.92 Å². The van der Waals surface area contributed by atoms with E-state index in [1.807, 2.05) is 0 Å². The van der Waals surface area contributed by atoms with Gasteiger partial charge in [-0.05, 0) is 45.2 Å². The molecule has 1 aromatic heterocycles. The third-order valence-electron chi connectivity index (χ3n) is 4.34. The normalized spacial score (nSPS) is 24.2. The van der Waals surface area contributed by atoms with Crippen molar-refractivity contribution in [3.63, 3.8) is 0 Å². The molecule has 0 bridgehead atoms. The lowest BCUT2D eigenvalue weighted by atomic mass is 9.85. The Morgan fingerprint density at radius 2 is 2.08 bits per heavy atom. The monoisotopic (exact) mass is 348 g/mol. The van der Waals surface area contributed by atoms with E-state index in [2.05, 4.69) is 10.6 Å². The molecule has 2 rings (SSSR count). The number of rotatable bonds is 4. The first kappa shape index (κ1) is 18.6. The van der Waals surface area contributed by atoms with Crippen molar-refractivity contribution in [1.82, 2.24) is 10.6 Å². The second-order valence-electron chi connectivity index (χ2n) is 6.61. The average Bonchev–Trinajstić information content (AvgIpc) is 2.92. The molecule has 3 atom stereocenters. The summed E-state index contributed by atoms with van der Waals surface area (Å²) in [5.41, 5.74) is -1.40. The van der Waals surface area contributed by atoms with Crippen LogP contribution in [0.3, 0.4) is 0 Å². The van der Waals surface area contributed by atoms with E-state index in [1.54, 1.807) is 19.1 Å². The SMILES string of the molecule is Cc1ccc([C@](C)(O)CNC(=O)N[C@@H]2CCC[C@H](C(F)(F)F)C2)o1. The summed E-state index contributed by atoms with van der Waals surface area (Å²) in [6.07, 6.45) is -3.27. The maximum atomic E-state index is 12.8. The van der Waals surface area contributed by atoms with Gasteiger partial charge in [-0.15, -0.1) is 0 Å². The van der Waals surface area contributed by atoms with Crippen LogP contribution in [-0.4, -0.2) is 29.9 Å². The summed E-state index contributed by atoms with van der Waals surface area (Å²) in [6, 6.07) is 2.21. The number of halogens is 3. The van der Waals surface area contributed by atoms with E-state index in [0.29, 0.717) is 24.4 Å². The fraction of sp³-hybridized carbons (Fsp3) is 0.688. The van der Waals surface area contributed by atoms with Crippen LogP contribution in [0.2, 0.25) is 0 Å². The molecule has 3 N–H and O–H groups in total. The van der Waals surface area contributed by atoms with Crippen LogP contribution in [0, 0.1) is 12.8 Å². The minimum Gasteiger partial charge on any atom is -0.463 e. The summed E-state index contributed by atoms with van der Waals surface area (Å²) in [5.74, 6) is -0.420. The second kappa shape index (κ2) is 7.04. The Hall–Kier alpha value is -1.70. The van der Waals surface area contributed by atoms with E-state index in [-0.39, 0.29) is 19.4 Å². The van der Waals surface area contributed by atoms with Crippen molar-refractivity contribution in [2.75, 3.05) is 6.54 Å². The topological polar surface area (TPSA) is 74.5 Å². The van der Waals surface area contributed by atoms with Crippen LogP contribution in [0.25, 0.3) is 0 Å². The largest absolute Gasteiger partial charge is 0.463 e. The summed E-state index contributed by atoms with van der Waals surface area (Å²) in [6.45, 7) is 3.12. The van der Waals surface area contributed by atoms with Gasteiger partial charge in [-0.3, -0.25) is 0 Å². The van der Waals surface area contributed by atoms with Crippen LogP contribution in [0.4, 0.5) is 18.0 Å². The minimum absolute atomic E-state index is 0.106. The Bertz CT molecular complexity index is 569. The van der Waals surface area contributed by atoms with Gasteiger partial charge in [0.1, 0.15) is 17.1 Å². The Morgan fingerprint density at radius 1 is 1.38 bits per heavy atom. The zero-order valence-electron chi connectivity index (χ0n) is 13.7.